The van der Waals surface area contributed by atoms with Gasteiger partial charge in [0.1, 0.15) is 5.69 Å². The van der Waals surface area contributed by atoms with E-state index in [1.165, 1.54) is 49.2 Å². The maximum atomic E-state index is 12.3. The van der Waals surface area contributed by atoms with Gasteiger partial charge in [-0.2, -0.15) is 5.10 Å². The van der Waals surface area contributed by atoms with Crippen molar-refractivity contribution in [2.24, 2.45) is 0 Å². The summed E-state index contributed by atoms with van der Waals surface area (Å²) in [6.07, 6.45) is 1.38. The quantitative estimate of drug-likeness (QED) is 0.562. The standard InChI is InChI=1S/C15H16N4O6/c1-15(9-25-2,14(21)22)16-13(20)10-7-8-18(17-10)11-5-3-4-6-12(11)19(23)24/h3-8H,9H2,1-2H3,(H,16,20)(H,21,22). The first-order valence-electron chi connectivity index (χ1n) is 7.13. The normalized spacial score (nSPS) is 13.0. The number of methoxy groups -OCH3 is 1. The monoisotopic (exact) mass is 348 g/mol. The molecule has 1 aromatic heterocycles. The molecule has 0 aliphatic rings. The first-order chi connectivity index (χ1) is 11.8. The SMILES string of the molecule is COCC(C)(NC(=O)c1ccn(-c2ccccc2[N+](=O)[O-])n1)C(=O)O. The van der Waals surface area contributed by atoms with Gasteiger partial charge in [0.25, 0.3) is 11.6 Å². The van der Waals surface area contributed by atoms with E-state index in [9.17, 15) is 24.8 Å². The Bertz CT molecular complexity index is 818. The van der Waals surface area contributed by atoms with E-state index in [1.54, 1.807) is 6.07 Å². The van der Waals surface area contributed by atoms with Crippen LogP contribution in [0.1, 0.15) is 17.4 Å². The van der Waals surface area contributed by atoms with Gasteiger partial charge in [-0.05, 0) is 19.1 Å². The highest BCUT2D eigenvalue weighted by molar-refractivity contribution is 5.96. The van der Waals surface area contributed by atoms with Crippen LogP contribution in [0.3, 0.4) is 0 Å². The molecular weight excluding hydrogens is 332 g/mol. The Balaban J connectivity index is 2.28. The van der Waals surface area contributed by atoms with Gasteiger partial charge in [-0.15, -0.1) is 0 Å². The fraction of sp³-hybridized carbons (Fsp3) is 0.267. The summed E-state index contributed by atoms with van der Waals surface area (Å²) >= 11 is 0. The summed E-state index contributed by atoms with van der Waals surface area (Å²) in [6, 6.07) is 7.25. The van der Waals surface area contributed by atoms with Crippen LogP contribution in [0.25, 0.3) is 5.69 Å². The van der Waals surface area contributed by atoms with E-state index in [4.69, 9.17) is 4.74 Å². The highest BCUT2D eigenvalue weighted by Crippen LogP contribution is 2.21. The maximum Gasteiger partial charge on any atom is 0.331 e. The van der Waals surface area contributed by atoms with Gasteiger partial charge in [0.15, 0.2) is 11.2 Å². The lowest BCUT2D eigenvalue weighted by Crippen LogP contribution is -2.55. The molecule has 0 bridgehead atoms. The van der Waals surface area contributed by atoms with Crippen molar-refractivity contribution in [2.75, 3.05) is 13.7 Å². The molecule has 1 unspecified atom stereocenters. The van der Waals surface area contributed by atoms with Crippen LogP contribution >= 0.6 is 0 Å². The van der Waals surface area contributed by atoms with Gasteiger partial charge in [-0.25, -0.2) is 9.48 Å². The van der Waals surface area contributed by atoms with Crippen molar-refractivity contribution in [3.63, 3.8) is 0 Å². The zero-order chi connectivity index (χ0) is 18.6. The summed E-state index contributed by atoms with van der Waals surface area (Å²) < 4.78 is 6.01. The number of carbonyl (C=O) groups excluding carboxylic acids is 1. The number of carboxylic acid groups (broad SMARTS) is 1. The molecule has 10 nitrogen and oxygen atoms in total. The Morgan fingerprint density at radius 3 is 2.68 bits per heavy atom. The molecule has 2 aromatic rings. The third-order valence-corrected chi connectivity index (χ3v) is 3.44. The molecule has 132 valence electrons. The first-order valence-corrected chi connectivity index (χ1v) is 7.13. The van der Waals surface area contributed by atoms with E-state index in [-0.39, 0.29) is 23.7 Å². The molecule has 0 radical (unpaired) electrons. The smallest absolute Gasteiger partial charge is 0.331 e. The molecule has 0 saturated heterocycles. The second-order valence-corrected chi connectivity index (χ2v) is 5.42. The predicted octanol–water partition coefficient (Wildman–Crippen LogP) is 1.00. The number of aliphatic carboxylic acids is 1. The Morgan fingerprint density at radius 1 is 1.40 bits per heavy atom. The van der Waals surface area contributed by atoms with Crippen LogP contribution in [-0.2, 0) is 9.53 Å². The lowest BCUT2D eigenvalue weighted by Gasteiger charge is -2.24. The zero-order valence-electron chi connectivity index (χ0n) is 13.5. The van der Waals surface area contributed by atoms with Gasteiger partial charge < -0.3 is 15.2 Å². The molecule has 0 aliphatic heterocycles. The lowest BCUT2D eigenvalue weighted by atomic mass is 10.0. The van der Waals surface area contributed by atoms with Gasteiger partial charge in [-0.3, -0.25) is 14.9 Å². The van der Waals surface area contributed by atoms with Gasteiger partial charge in [0.2, 0.25) is 0 Å². The molecule has 0 aliphatic carbocycles. The molecule has 0 saturated carbocycles. The minimum absolute atomic E-state index is 0.0817. The number of para-hydroxylation sites is 2. The third kappa shape index (κ3) is 3.80. The first kappa shape index (κ1) is 18.1. The number of nitrogens with one attached hydrogen (secondary N) is 1. The number of amides is 1. The third-order valence-electron chi connectivity index (χ3n) is 3.44. The van der Waals surface area contributed by atoms with Crippen LogP contribution in [0.4, 0.5) is 5.69 Å². The molecule has 2 rings (SSSR count). The van der Waals surface area contributed by atoms with E-state index in [0.717, 1.165) is 0 Å². The minimum Gasteiger partial charge on any atom is -0.479 e. The van der Waals surface area contributed by atoms with Gasteiger partial charge in [-0.1, -0.05) is 12.1 Å². The molecule has 10 heteroatoms. The Morgan fingerprint density at radius 2 is 2.08 bits per heavy atom. The van der Waals surface area contributed by atoms with E-state index >= 15 is 0 Å². The van der Waals surface area contributed by atoms with Crippen LogP contribution in [0.15, 0.2) is 36.5 Å². The number of hydrogen-bond donors (Lipinski definition) is 2. The number of benzene rings is 1. The molecule has 1 aromatic carbocycles. The number of nitrogens with zero attached hydrogens (tertiary/aromatic N) is 3. The van der Waals surface area contributed by atoms with Crippen molar-refractivity contribution < 1.29 is 24.4 Å². The van der Waals surface area contributed by atoms with Crippen molar-refractivity contribution in [3.05, 3.63) is 52.3 Å². The summed E-state index contributed by atoms with van der Waals surface area (Å²) in [7, 11) is 1.32. The zero-order valence-corrected chi connectivity index (χ0v) is 13.5. The van der Waals surface area contributed by atoms with E-state index in [2.05, 4.69) is 10.4 Å². The topological polar surface area (TPSA) is 137 Å². The largest absolute Gasteiger partial charge is 0.479 e. The van der Waals surface area contributed by atoms with Crippen LogP contribution in [0, 0.1) is 10.1 Å². The summed E-state index contributed by atoms with van der Waals surface area (Å²) in [4.78, 5) is 34.1. The Hall–Kier alpha value is -3.27. The summed E-state index contributed by atoms with van der Waals surface area (Å²) in [5.74, 6) is -2.00. The molecule has 25 heavy (non-hydrogen) atoms. The van der Waals surface area contributed by atoms with Gasteiger partial charge >= 0.3 is 5.97 Å². The summed E-state index contributed by atoms with van der Waals surface area (Å²) in [6.45, 7) is 1.06. The second-order valence-electron chi connectivity index (χ2n) is 5.42. The van der Waals surface area contributed by atoms with Crippen molar-refractivity contribution in [2.45, 2.75) is 12.5 Å². The molecule has 1 heterocycles. The van der Waals surface area contributed by atoms with Crippen LogP contribution in [-0.4, -0.2) is 50.9 Å². The average molecular weight is 348 g/mol. The Labute approximate surface area is 142 Å². The number of aromatic nitrogens is 2. The number of nitro benzene ring substituents is 1. The highest BCUT2D eigenvalue weighted by atomic mass is 16.6. The predicted molar refractivity (Wildman–Crippen MR) is 85.6 cm³/mol. The van der Waals surface area contributed by atoms with Crippen LogP contribution < -0.4 is 5.32 Å². The summed E-state index contributed by atoms with van der Waals surface area (Å²) in [5.41, 5.74) is -1.70. The number of carboxylic acids is 1. The van der Waals surface area contributed by atoms with Gasteiger partial charge in [0, 0.05) is 19.4 Å². The maximum absolute atomic E-state index is 12.3. The minimum atomic E-state index is -1.63. The Kier molecular flexibility index (Phi) is 5.13. The van der Waals surface area contributed by atoms with Gasteiger partial charge in [0.05, 0.1) is 11.5 Å². The van der Waals surface area contributed by atoms with E-state index in [0.29, 0.717) is 0 Å². The fourth-order valence-electron chi connectivity index (χ4n) is 2.15. The molecule has 0 fully saturated rings. The average Bonchev–Trinajstić information content (AvgIpc) is 3.04. The van der Waals surface area contributed by atoms with Crippen molar-refractivity contribution in [1.82, 2.24) is 15.1 Å². The van der Waals surface area contributed by atoms with E-state index in [1.807, 2.05) is 0 Å². The summed E-state index contributed by atoms with van der Waals surface area (Å²) in [5, 5.41) is 26.7. The number of rotatable bonds is 7. The molecular formula is C15H16N4O6. The number of nitro groups is 1. The molecule has 1 atom stereocenters. The second kappa shape index (κ2) is 7.09. The van der Waals surface area contributed by atoms with E-state index < -0.39 is 22.3 Å². The van der Waals surface area contributed by atoms with Crippen LogP contribution in [0.2, 0.25) is 0 Å². The number of ether oxygens (including phenoxy) is 1. The van der Waals surface area contributed by atoms with Crippen molar-refractivity contribution >= 4 is 17.6 Å². The van der Waals surface area contributed by atoms with Crippen molar-refractivity contribution in [3.8, 4) is 5.69 Å². The van der Waals surface area contributed by atoms with Crippen molar-refractivity contribution in [1.29, 1.82) is 0 Å². The number of hydrogen-bond acceptors (Lipinski definition) is 6. The molecule has 0 spiro atoms. The fourth-order valence-corrected chi connectivity index (χ4v) is 2.15. The highest BCUT2D eigenvalue weighted by Gasteiger charge is 2.35. The lowest BCUT2D eigenvalue weighted by molar-refractivity contribution is -0.384. The molecule has 2 N–H and O–H groups in total. The molecule has 1 amide bonds. The number of carbonyl (C=O) groups is 2. The van der Waals surface area contributed by atoms with Crippen LogP contribution in [0.5, 0.6) is 0 Å².